The molecule has 28 heavy (non-hydrogen) atoms. The van der Waals surface area contributed by atoms with Crippen molar-refractivity contribution in [2.24, 2.45) is 4.99 Å². The molecule has 0 radical (unpaired) electrons. The normalized spacial score (nSPS) is 10.8. The molecule has 2 aromatic rings. The monoisotopic (exact) mass is 494 g/mol. The van der Waals surface area contributed by atoms with Crippen LogP contribution in [0.15, 0.2) is 53.5 Å². The first kappa shape index (κ1) is 23.9. The van der Waals surface area contributed by atoms with E-state index in [9.17, 15) is 4.79 Å². The van der Waals surface area contributed by atoms with E-state index >= 15 is 0 Å². The summed E-state index contributed by atoms with van der Waals surface area (Å²) < 4.78 is 0. The Bertz CT molecular complexity index is 762. The Balaban J connectivity index is 0.00000392. The SMILES string of the molecule is CCNC(=NCc1ccc(C)cc1C)NCCC(=O)NCc1ccccc1.I. The fourth-order valence-electron chi connectivity index (χ4n) is 2.71. The summed E-state index contributed by atoms with van der Waals surface area (Å²) >= 11 is 0. The third kappa shape index (κ3) is 8.73. The summed E-state index contributed by atoms with van der Waals surface area (Å²) in [6, 6.07) is 16.3. The molecule has 5 nitrogen and oxygen atoms in total. The maximum atomic E-state index is 12.0. The molecule has 152 valence electrons. The highest BCUT2D eigenvalue weighted by Gasteiger charge is 2.04. The number of nitrogens with zero attached hydrogens (tertiary/aromatic N) is 1. The average molecular weight is 494 g/mol. The lowest BCUT2D eigenvalue weighted by molar-refractivity contribution is -0.121. The average Bonchev–Trinajstić information content (AvgIpc) is 2.66. The molecule has 6 heteroatoms. The number of halogens is 1. The Labute approximate surface area is 185 Å². The summed E-state index contributed by atoms with van der Waals surface area (Å²) in [7, 11) is 0. The first-order valence-corrected chi connectivity index (χ1v) is 9.47. The van der Waals surface area contributed by atoms with E-state index < -0.39 is 0 Å². The van der Waals surface area contributed by atoms with Gasteiger partial charge in [-0.25, -0.2) is 4.99 Å². The third-order valence-corrected chi connectivity index (χ3v) is 4.23. The highest BCUT2D eigenvalue weighted by Crippen LogP contribution is 2.11. The van der Waals surface area contributed by atoms with Crippen molar-refractivity contribution in [3.8, 4) is 0 Å². The Morgan fingerprint density at radius 3 is 2.43 bits per heavy atom. The quantitative estimate of drug-likeness (QED) is 0.298. The van der Waals surface area contributed by atoms with E-state index in [0.717, 1.165) is 18.1 Å². The molecule has 0 fully saturated rings. The molecular formula is C22H31IN4O. The first-order valence-electron chi connectivity index (χ1n) is 9.47. The molecule has 0 spiro atoms. The van der Waals surface area contributed by atoms with Crippen molar-refractivity contribution in [1.29, 1.82) is 0 Å². The minimum atomic E-state index is 0. The molecule has 0 unspecified atom stereocenters. The summed E-state index contributed by atoms with van der Waals surface area (Å²) in [5, 5.41) is 9.39. The van der Waals surface area contributed by atoms with E-state index in [-0.39, 0.29) is 29.9 Å². The molecule has 2 aromatic carbocycles. The molecule has 1 amide bonds. The smallest absolute Gasteiger partial charge is 0.222 e. The van der Waals surface area contributed by atoms with Gasteiger partial charge in [0.1, 0.15) is 0 Å². The second-order valence-electron chi connectivity index (χ2n) is 6.56. The van der Waals surface area contributed by atoms with Crippen molar-refractivity contribution < 1.29 is 4.79 Å². The van der Waals surface area contributed by atoms with Gasteiger partial charge in [0.05, 0.1) is 6.54 Å². The van der Waals surface area contributed by atoms with Crippen molar-refractivity contribution in [2.45, 2.75) is 40.3 Å². The van der Waals surface area contributed by atoms with Crippen LogP contribution in [0.1, 0.15) is 35.6 Å². The van der Waals surface area contributed by atoms with Gasteiger partial charge in [-0.3, -0.25) is 4.79 Å². The summed E-state index contributed by atoms with van der Waals surface area (Å²) in [6.07, 6.45) is 0.404. The second-order valence-corrected chi connectivity index (χ2v) is 6.56. The molecule has 0 aliphatic heterocycles. The number of carbonyl (C=O) groups excluding carboxylic acids is 1. The zero-order valence-corrected chi connectivity index (χ0v) is 19.2. The number of nitrogens with one attached hydrogen (secondary N) is 3. The van der Waals surface area contributed by atoms with Crippen LogP contribution < -0.4 is 16.0 Å². The Morgan fingerprint density at radius 2 is 1.75 bits per heavy atom. The van der Waals surface area contributed by atoms with Crippen LogP contribution in [0.4, 0.5) is 0 Å². The van der Waals surface area contributed by atoms with Crippen LogP contribution in [0.2, 0.25) is 0 Å². The van der Waals surface area contributed by atoms with Gasteiger partial charge in [-0.2, -0.15) is 0 Å². The number of rotatable bonds is 8. The molecule has 0 aliphatic carbocycles. The zero-order chi connectivity index (χ0) is 19.5. The lowest BCUT2D eigenvalue weighted by Crippen LogP contribution is -2.39. The third-order valence-electron chi connectivity index (χ3n) is 4.23. The zero-order valence-electron chi connectivity index (χ0n) is 16.9. The predicted molar refractivity (Wildman–Crippen MR) is 127 cm³/mol. The lowest BCUT2D eigenvalue weighted by atomic mass is 10.1. The summed E-state index contributed by atoms with van der Waals surface area (Å²) in [6.45, 7) is 8.71. The van der Waals surface area contributed by atoms with Crippen LogP contribution in [0.25, 0.3) is 0 Å². The fourth-order valence-corrected chi connectivity index (χ4v) is 2.71. The van der Waals surface area contributed by atoms with Crippen molar-refractivity contribution in [3.63, 3.8) is 0 Å². The van der Waals surface area contributed by atoms with Gasteiger partial charge in [0.15, 0.2) is 5.96 Å². The fraction of sp³-hybridized carbons (Fsp3) is 0.364. The number of amides is 1. The van der Waals surface area contributed by atoms with Crippen molar-refractivity contribution >= 4 is 35.8 Å². The van der Waals surface area contributed by atoms with Gasteiger partial charge >= 0.3 is 0 Å². The number of aryl methyl sites for hydroxylation is 2. The molecular weight excluding hydrogens is 463 g/mol. The van der Waals surface area contributed by atoms with Crippen LogP contribution in [-0.2, 0) is 17.9 Å². The van der Waals surface area contributed by atoms with Gasteiger partial charge in [0, 0.05) is 26.1 Å². The minimum Gasteiger partial charge on any atom is -0.357 e. The van der Waals surface area contributed by atoms with Crippen molar-refractivity contribution in [3.05, 3.63) is 70.8 Å². The highest BCUT2D eigenvalue weighted by molar-refractivity contribution is 14.0. The van der Waals surface area contributed by atoms with Crippen molar-refractivity contribution in [2.75, 3.05) is 13.1 Å². The minimum absolute atomic E-state index is 0. The van der Waals surface area contributed by atoms with Crippen LogP contribution in [-0.4, -0.2) is 25.0 Å². The lowest BCUT2D eigenvalue weighted by Gasteiger charge is -2.12. The second kappa shape index (κ2) is 13.1. The van der Waals surface area contributed by atoms with Crippen LogP contribution in [0, 0.1) is 13.8 Å². The molecule has 0 aromatic heterocycles. The van der Waals surface area contributed by atoms with Gasteiger partial charge in [-0.15, -0.1) is 24.0 Å². The Kier molecular flexibility index (Phi) is 11.2. The molecule has 0 bridgehead atoms. The van der Waals surface area contributed by atoms with Crippen LogP contribution in [0.5, 0.6) is 0 Å². The summed E-state index contributed by atoms with van der Waals surface area (Å²) in [5.74, 6) is 0.755. The van der Waals surface area contributed by atoms with E-state index in [0.29, 0.717) is 26.1 Å². The number of hydrogen-bond donors (Lipinski definition) is 3. The first-order chi connectivity index (χ1) is 13.1. The van der Waals surface area contributed by atoms with E-state index in [2.05, 4.69) is 53.0 Å². The highest BCUT2D eigenvalue weighted by atomic mass is 127. The topological polar surface area (TPSA) is 65.5 Å². The molecule has 0 saturated carbocycles. The largest absolute Gasteiger partial charge is 0.357 e. The summed E-state index contributed by atoms with van der Waals surface area (Å²) in [5.41, 5.74) is 4.81. The number of guanidine groups is 1. The molecule has 0 heterocycles. The van der Waals surface area contributed by atoms with Gasteiger partial charge in [-0.05, 0) is 37.5 Å². The van der Waals surface area contributed by atoms with Crippen molar-refractivity contribution in [1.82, 2.24) is 16.0 Å². The van der Waals surface area contributed by atoms with Gasteiger partial charge in [0.25, 0.3) is 0 Å². The number of hydrogen-bond acceptors (Lipinski definition) is 2. The molecule has 0 atom stereocenters. The van der Waals surface area contributed by atoms with Gasteiger partial charge < -0.3 is 16.0 Å². The van der Waals surface area contributed by atoms with E-state index in [1.165, 1.54) is 16.7 Å². The van der Waals surface area contributed by atoms with E-state index in [1.807, 2.05) is 37.3 Å². The van der Waals surface area contributed by atoms with E-state index in [4.69, 9.17) is 0 Å². The van der Waals surface area contributed by atoms with Gasteiger partial charge in [0.2, 0.25) is 5.91 Å². The van der Waals surface area contributed by atoms with Crippen LogP contribution in [0.3, 0.4) is 0 Å². The number of carbonyl (C=O) groups is 1. The summed E-state index contributed by atoms with van der Waals surface area (Å²) in [4.78, 5) is 16.6. The predicted octanol–water partition coefficient (Wildman–Crippen LogP) is 3.68. The molecule has 0 saturated heterocycles. The molecule has 2 rings (SSSR count). The van der Waals surface area contributed by atoms with Gasteiger partial charge in [-0.1, -0.05) is 54.1 Å². The number of benzene rings is 2. The van der Waals surface area contributed by atoms with E-state index in [1.54, 1.807) is 0 Å². The molecule has 3 N–H and O–H groups in total. The Hall–Kier alpha value is -2.09. The Morgan fingerprint density at radius 1 is 1.00 bits per heavy atom. The standard InChI is InChI=1S/C22H30N4O.HI/c1-4-23-22(26-16-20-11-10-17(2)14-18(20)3)24-13-12-21(27)25-15-19-8-6-5-7-9-19;/h5-11,14H,4,12-13,15-16H2,1-3H3,(H,25,27)(H2,23,24,26);1H. The van der Waals surface area contributed by atoms with Crippen LogP contribution >= 0.6 is 24.0 Å². The number of aliphatic imine (C=N–C) groups is 1. The maximum absolute atomic E-state index is 12.0. The maximum Gasteiger partial charge on any atom is 0.222 e. The molecule has 0 aliphatic rings.